The van der Waals surface area contributed by atoms with Gasteiger partial charge in [0.1, 0.15) is 16.9 Å². The molecule has 1 aromatic heterocycles. The first-order valence-electron chi connectivity index (χ1n) is 13.9. The third-order valence-corrected chi connectivity index (χ3v) is 8.20. The molecule has 4 aromatic carbocycles. The first-order chi connectivity index (χ1) is 20.7. The van der Waals surface area contributed by atoms with Gasteiger partial charge in [0.2, 0.25) is 0 Å². The lowest BCUT2D eigenvalue weighted by Gasteiger charge is -2.32. The Balaban J connectivity index is 1.41. The van der Waals surface area contributed by atoms with Crippen molar-refractivity contribution < 1.29 is 32.3 Å². The number of para-hydroxylation sites is 2. The molecule has 0 aliphatic heterocycles. The van der Waals surface area contributed by atoms with E-state index in [0.717, 1.165) is 34.0 Å². The molecule has 43 heavy (non-hydrogen) atoms. The lowest BCUT2D eigenvalue weighted by Crippen LogP contribution is -2.37. The van der Waals surface area contributed by atoms with E-state index in [1.807, 2.05) is 91.0 Å². The number of benzene rings is 4. The molecular weight excluding hydrogens is 553 g/mol. The molecule has 0 amide bonds. The first-order valence-corrected chi connectivity index (χ1v) is 13.9. The Morgan fingerprint density at radius 3 is 2.33 bits per heavy atom. The number of rotatable bonds is 8. The number of ketones is 1. The molecule has 216 valence electrons. The van der Waals surface area contributed by atoms with E-state index in [-0.39, 0.29) is 30.6 Å². The van der Waals surface area contributed by atoms with Crippen molar-refractivity contribution in [3.8, 4) is 0 Å². The van der Waals surface area contributed by atoms with E-state index in [4.69, 9.17) is 4.42 Å². The molecule has 0 spiro atoms. The zero-order valence-corrected chi connectivity index (χ0v) is 23.0. The average Bonchev–Trinajstić information content (AvgIpc) is 3.40. The van der Waals surface area contributed by atoms with Crippen LogP contribution in [0.15, 0.2) is 120 Å². The molecule has 7 heteroatoms. The summed E-state index contributed by atoms with van der Waals surface area (Å²) in [5.74, 6) is -2.82. The van der Waals surface area contributed by atoms with Crippen molar-refractivity contribution in [2.75, 3.05) is 0 Å². The second-order valence-electron chi connectivity index (χ2n) is 10.9. The monoisotopic (exact) mass is 580 g/mol. The molecule has 0 saturated carbocycles. The summed E-state index contributed by atoms with van der Waals surface area (Å²) >= 11 is 0. The van der Waals surface area contributed by atoms with Gasteiger partial charge in [0.15, 0.2) is 0 Å². The summed E-state index contributed by atoms with van der Waals surface area (Å²) < 4.78 is 46.3. The molecule has 2 atom stereocenters. The number of fused-ring (bicyclic) bond motifs is 3. The van der Waals surface area contributed by atoms with Crippen LogP contribution in [0.3, 0.4) is 0 Å². The van der Waals surface area contributed by atoms with Crippen LogP contribution in [-0.2, 0) is 27.6 Å². The molecule has 5 aromatic rings. The zero-order chi connectivity index (χ0) is 30.2. The van der Waals surface area contributed by atoms with Crippen LogP contribution >= 0.6 is 0 Å². The minimum atomic E-state index is -4.56. The highest BCUT2D eigenvalue weighted by Gasteiger charge is 2.42. The topological polar surface area (TPSA) is 67.5 Å². The zero-order valence-electron chi connectivity index (χ0n) is 23.0. The van der Waals surface area contributed by atoms with Gasteiger partial charge < -0.3 is 9.52 Å². The SMILES string of the molecule is O=C(O)C(CC(=O)C1(c2cccc3c2oc2ccccc23)C=CC(c2ccccc2)=CC1)Cc1cccc(C(F)(F)F)c1. The number of hydrogen-bond acceptors (Lipinski definition) is 3. The molecule has 0 saturated heterocycles. The number of hydrogen-bond donors (Lipinski definition) is 1. The number of halogens is 3. The van der Waals surface area contributed by atoms with Crippen molar-refractivity contribution in [1.82, 2.24) is 0 Å². The summed E-state index contributed by atoms with van der Waals surface area (Å²) in [6.45, 7) is 0. The van der Waals surface area contributed by atoms with Crippen molar-refractivity contribution in [3.63, 3.8) is 0 Å². The van der Waals surface area contributed by atoms with Crippen molar-refractivity contribution in [2.45, 2.75) is 30.9 Å². The Kier molecular flexibility index (Phi) is 7.26. The number of furan rings is 1. The number of allylic oxidation sites excluding steroid dienone is 4. The van der Waals surface area contributed by atoms with Gasteiger partial charge in [-0.05, 0) is 41.7 Å². The van der Waals surface area contributed by atoms with Crippen LogP contribution in [0.4, 0.5) is 13.2 Å². The van der Waals surface area contributed by atoms with E-state index in [9.17, 15) is 27.9 Å². The molecule has 1 aliphatic carbocycles. The molecule has 4 nitrogen and oxygen atoms in total. The van der Waals surface area contributed by atoms with Gasteiger partial charge in [-0.25, -0.2) is 0 Å². The Morgan fingerprint density at radius 1 is 0.884 bits per heavy atom. The van der Waals surface area contributed by atoms with Gasteiger partial charge in [-0.3, -0.25) is 9.59 Å². The van der Waals surface area contributed by atoms with Gasteiger partial charge in [-0.15, -0.1) is 0 Å². The highest BCUT2D eigenvalue weighted by Crippen LogP contribution is 2.44. The number of aliphatic carboxylic acids is 1. The van der Waals surface area contributed by atoms with E-state index in [0.29, 0.717) is 16.7 Å². The highest BCUT2D eigenvalue weighted by molar-refractivity contribution is 6.08. The summed E-state index contributed by atoms with van der Waals surface area (Å²) in [5.41, 5.74) is 1.84. The predicted molar refractivity (Wildman–Crippen MR) is 159 cm³/mol. The van der Waals surface area contributed by atoms with Crippen molar-refractivity contribution in [1.29, 1.82) is 0 Å². The highest BCUT2D eigenvalue weighted by atomic mass is 19.4. The summed E-state index contributed by atoms with van der Waals surface area (Å²) in [4.78, 5) is 26.8. The molecule has 0 fully saturated rings. The third-order valence-electron chi connectivity index (χ3n) is 8.20. The summed E-state index contributed by atoms with van der Waals surface area (Å²) in [6, 6.07) is 27.5. The lowest BCUT2D eigenvalue weighted by atomic mass is 9.68. The van der Waals surface area contributed by atoms with Gasteiger partial charge >= 0.3 is 12.1 Å². The molecule has 2 unspecified atom stereocenters. The molecule has 0 bridgehead atoms. The minimum Gasteiger partial charge on any atom is -0.481 e. The van der Waals surface area contributed by atoms with E-state index in [2.05, 4.69) is 0 Å². The van der Waals surface area contributed by atoms with Crippen molar-refractivity contribution >= 4 is 39.3 Å². The van der Waals surface area contributed by atoms with E-state index in [1.165, 1.54) is 12.1 Å². The van der Waals surface area contributed by atoms with Crippen LogP contribution in [-0.4, -0.2) is 16.9 Å². The fraction of sp³-hybridized carbons (Fsp3) is 0.167. The second kappa shape index (κ2) is 11.1. The maximum absolute atomic E-state index is 14.4. The standard InChI is InChI=1S/C36H27F3O4/c37-36(38,39)27-11-6-8-23(21-27)20-26(34(41)42)22-32(40)35(18-16-25(17-19-35)24-9-2-1-3-10-24)30-14-7-13-29-28-12-4-5-15-31(28)43-33(29)30/h1-18,21,26H,19-20,22H2,(H,41,42). The van der Waals surface area contributed by atoms with E-state index < -0.39 is 29.0 Å². The van der Waals surface area contributed by atoms with E-state index in [1.54, 1.807) is 0 Å². The molecule has 1 aliphatic rings. The van der Waals surface area contributed by atoms with Crippen LogP contribution < -0.4 is 0 Å². The second-order valence-corrected chi connectivity index (χ2v) is 10.9. The van der Waals surface area contributed by atoms with Crippen LogP contribution in [0, 0.1) is 5.92 Å². The fourth-order valence-corrected chi connectivity index (χ4v) is 5.95. The minimum absolute atomic E-state index is 0.203. The third kappa shape index (κ3) is 5.39. The van der Waals surface area contributed by atoms with Gasteiger partial charge in [0, 0.05) is 22.8 Å². The van der Waals surface area contributed by atoms with E-state index >= 15 is 0 Å². The lowest BCUT2D eigenvalue weighted by molar-refractivity contribution is -0.144. The van der Waals surface area contributed by atoms with Crippen LogP contribution in [0.5, 0.6) is 0 Å². The average molecular weight is 581 g/mol. The molecular formula is C36H27F3O4. The van der Waals surface area contributed by atoms with Crippen molar-refractivity contribution in [3.05, 3.63) is 138 Å². The molecule has 1 heterocycles. The normalized spacial score (nSPS) is 17.6. The van der Waals surface area contributed by atoms with Crippen molar-refractivity contribution in [2.24, 2.45) is 5.92 Å². The number of alkyl halides is 3. The Labute approximate surface area is 245 Å². The molecule has 6 rings (SSSR count). The Hall–Kier alpha value is -4.91. The predicted octanol–water partition coefficient (Wildman–Crippen LogP) is 8.79. The number of carboxylic acids is 1. The van der Waals surface area contributed by atoms with Crippen LogP contribution in [0.2, 0.25) is 0 Å². The number of carbonyl (C=O) groups excluding carboxylic acids is 1. The van der Waals surface area contributed by atoms with Crippen LogP contribution in [0.25, 0.3) is 27.5 Å². The Morgan fingerprint density at radius 2 is 1.60 bits per heavy atom. The number of carboxylic acid groups (broad SMARTS) is 1. The van der Waals surface area contributed by atoms with Gasteiger partial charge in [-0.1, -0.05) is 103 Å². The molecule has 1 N–H and O–H groups in total. The quantitative estimate of drug-likeness (QED) is 0.199. The smallest absolute Gasteiger partial charge is 0.416 e. The van der Waals surface area contributed by atoms with Crippen LogP contribution in [0.1, 0.15) is 35.1 Å². The summed E-state index contributed by atoms with van der Waals surface area (Å²) in [6.07, 6.45) is 0.779. The number of Topliss-reactive ketones (excluding diaryl/α,β-unsaturated/α-hetero) is 1. The van der Waals surface area contributed by atoms with Gasteiger partial charge in [-0.2, -0.15) is 13.2 Å². The van der Waals surface area contributed by atoms with Gasteiger partial charge in [0.25, 0.3) is 0 Å². The number of carbonyl (C=O) groups is 2. The largest absolute Gasteiger partial charge is 0.481 e. The fourth-order valence-electron chi connectivity index (χ4n) is 5.95. The maximum atomic E-state index is 14.4. The Bertz CT molecular complexity index is 1900. The van der Waals surface area contributed by atoms with Gasteiger partial charge in [0.05, 0.1) is 16.9 Å². The molecule has 0 radical (unpaired) electrons. The summed E-state index contributed by atoms with van der Waals surface area (Å²) in [7, 11) is 0. The maximum Gasteiger partial charge on any atom is 0.416 e. The first kappa shape index (κ1) is 28.2. The summed E-state index contributed by atoms with van der Waals surface area (Å²) in [5, 5.41) is 11.8.